The van der Waals surface area contributed by atoms with Crippen LogP contribution in [0.1, 0.15) is 15.9 Å². The fourth-order valence-electron chi connectivity index (χ4n) is 1.84. The van der Waals surface area contributed by atoms with Crippen molar-refractivity contribution < 1.29 is 17.6 Å². The van der Waals surface area contributed by atoms with E-state index < -0.39 is 21.7 Å². The Morgan fingerprint density at radius 1 is 1.14 bits per heavy atom. The number of hydrogen-bond donors (Lipinski definition) is 2. The largest absolute Gasteiger partial charge is 0.348 e. The average molecular weight is 322 g/mol. The van der Waals surface area contributed by atoms with Gasteiger partial charge in [0.15, 0.2) is 0 Å². The number of halogens is 1. The van der Waals surface area contributed by atoms with E-state index in [1.165, 1.54) is 7.05 Å². The molecule has 0 spiro atoms. The average Bonchev–Trinajstić information content (AvgIpc) is 2.53. The summed E-state index contributed by atoms with van der Waals surface area (Å²) < 4.78 is 39.3. The SMILES string of the molecule is CNS(=O)(=O)c1ccc(F)c(C(=O)NCc2ccccc2)c1. The summed E-state index contributed by atoms with van der Waals surface area (Å²) in [5, 5.41) is 2.56. The third-order valence-corrected chi connectivity index (χ3v) is 4.47. The van der Waals surface area contributed by atoms with E-state index >= 15 is 0 Å². The predicted molar refractivity (Wildman–Crippen MR) is 80.3 cm³/mol. The van der Waals surface area contributed by atoms with Crippen LogP contribution < -0.4 is 10.0 Å². The van der Waals surface area contributed by atoms with Crippen LogP contribution >= 0.6 is 0 Å². The number of carbonyl (C=O) groups excluding carboxylic acids is 1. The lowest BCUT2D eigenvalue weighted by Crippen LogP contribution is -2.25. The predicted octanol–water partition coefficient (Wildman–Crippen LogP) is 1.66. The van der Waals surface area contributed by atoms with Crippen LogP contribution in [0.3, 0.4) is 0 Å². The third kappa shape index (κ3) is 3.69. The summed E-state index contributed by atoms with van der Waals surface area (Å²) in [7, 11) is -2.49. The normalized spacial score (nSPS) is 11.2. The molecule has 0 aliphatic rings. The van der Waals surface area contributed by atoms with E-state index in [4.69, 9.17) is 0 Å². The van der Waals surface area contributed by atoms with Crippen LogP contribution in [0, 0.1) is 5.82 Å². The zero-order valence-electron chi connectivity index (χ0n) is 11.8. The van der Waals surface area contributed by atoms with Crippen LogP contribution in [0.25, 0.3) is 0 Å². The van der Waals surface area contributed by atoms with E-state index in [1.807, 2.05) is 30.3 Å². The maximum Gasteiger partial charge on any atom is 0.254 e. The molecular weight excluding hydrogens is 307 g/mol. The molecule has 22 heavy (non-hydrogen) atoms. The summed E-state index contributed by atoms with van der Waals surface area (Å²) >= 11 is 0. The van der Waals surface area contributed by atoms with Crippen molar-refractivity contribution in [3.63, 3.8) is 0 Å². The molecule has 116 valence electrons. The Kier molecular flexibility index (Phi) is 4.89. The van der Waals surface area contributed by atoms with Gasteiger partial charge in [0.2, 0.25) is 10.0 Å². The second-order valence-corrected chi connectivity index (χ2v) is 6.40. The Morgan fingerprint density at radius 2 is 1.82 bits per heavy atom. The van der Waals surface area contributed by atoms with E-state index in [2.05, 4.69) is 10.0 Å². The van der Waals surface area contributed by atoms with Gasteiger partial charge < -0.3 is 5.32 Å². The Balaban J connectivity index is 2.20. The molecule has 0 aliphatic heterocycles. The lowest BCUT2D eigenvalue weighted by Gasteiger charge is -2.08. The second kappa shape index (κ2) is 6.67. The van der Waals surface area contributed by atoms with E-state index in [-0.39, 0.29) is 17.0 Å². The number of rotatable bonds is 5. The summed E-state index contributed by atoms with van der Waals surface area (Å²) in [4.78, 5) is 11.9. The number of carbonyl (C=O) groups is 1. The van der Waals surface area contributed by atoms with Crippen LogP contribution in [0.5, 0.6) is 0 Å². The van der Waals surface area contributed by atoms with Gasteiger partial charge in [-0.25, -0.2) is 17.5 Å². The zero-order chi connectivity index (χ0) is 16.2. The molecule has 0 atom stereocenters. The number of hydrogen-bond acceptors (Lipinski definition) is 3. The van der Waals surface area contributed by atoms with Crippen molar-refractivity contribution in [2.75, 3.05) is 7.05 Å². The highest BCUT2D eigenvalue weighted by Gasteiger charge is 2.18. The van der Waals surface area contributed by atoms with Crippen LogP contribution in [-0.4, -0.2) is 21.4 Å². The molecule has 0 saturated heterocycles. The van der Waals surface area contributed by atoms with Gasteiger partial charge >= 0.3 is 0 Å². The smallest absolute Gasteiger partial charge is 0.254 e. The molecule has 2 aromatic carbocycles. The minimum absolute atomic E-state index is 0.165. The first-order valence-electron chi connectivity index (χ1n) is 6.49. The first-order valence-corrected chi connectivity index (χ1v) is 7.97. The molecular formula is C15H15FN2O3S. The summed E-state index contributed by atoms with van der Waals surface area (Å²) in [6.07, 6.45) is 0. The highest BCUT2D eigenvalue weighted by Crippen LogP contribution is 2.15. The molecule has 2 rings (SSSR count). The summed E-state index contributed by atoms with van der Waals surface area (Å²) in [5.41, 5.74) is 0.544. The quantitative estimate of drug-likeness (QED) is 0.879. The van der Waals surface area contributed by atoms with Crippen molar-refractivity contribution in [2.45, 2.75) is 11.4 Å². The molecule has 0 aromatic heterocycles. The molecule has 7 heteroatoms. The molecule has 1 amide bonds. The molecule has 0 radical (unpaired) electrons. The highest BCUT2D eigenvalue weighted by molar-refractivity contribution is 7.89. The molecule has 2 N–H and O–H groups in total. The standard InChI is InChI=1S/C15H15FN2O3S/c1-17-22(20,21)12-7-8-14(16)13(9-12)15(19)18-10-11-5-3-2-4-6-11/h2-9,17H,10H2,1H3,(H,18,19). The summed E-state index contributed by atoms with van der Waals surface area (Å²) in [6, 6.07) is 12.2. The van der Waals surface area contributed by atoms with Gasteiger partial charge in [-0.05, 0) is 30.8 Å². The fraction of sp³-hybridized carbons (Fsp3) is 0.133. The summed E-state index contributed by atoms with van der Waals surface area (Å²) in [5.74, 6) is -1.45. The van der Waals surface area contributed by atoms with Crippen LogP contribution in [0.2, 0.25) is 0 Å². The fourth-order valence-corrected chi connectivity index (χ4v) is 2.59. The van der Waals surface area contributed by atoms with Gasteiger partial charge in [0.1, 0.15) is 5.82 Å². The second-order valence-electron chi connectivity index (χ2n) is 4.52. The van der Waals surface area contributed by atoms with Gasteiger partial charge in [0.05, 0.1) is 10.5 Å². The molecule has 5 nitrogen and oxygen atoms in total. The Hall–Kier alpha value is -2.25. The van der Waals surface area contributed by atoms with Gasteiger partial charge in [-0.3, -0.25) is 4.79 Å². The van der Waals surface area contributed by atoms with Gasteiger partial charge in [-0.15, -0.1) is 0 Å². The molecule has 0 heterocycles. The lowest BCUT2D eigenvalue weighted by atomic mass is 10.2. The number of sulfonamides is 1. The first kappa shape index (κ1) is 16.1. The maximum absolute atomic E-state index is 13.8. The van der Waals surface area contributed by atoms with Crippen molar-refractivity contribution in [1.29, 1.82) is 0 Å². The molecule has 0 saturated carbocycles. The topological polar surface area (TPSA) is 75.3 Å². The van der Waals surface area contributed by atoms with E-state index in [0.717, 1.165) is 23.8 Å². The molecule has 0 fully saturated rings. The van der Waals surface area contributed by atoms with Crippen molar-refractivity contribution >= 4 is 15.9 Å². The first-order chi connectivity index (χ1) is 10.4. The molecule has 2 aromatic rings. The van der Waals surface area contributed by atoms with Crippen LogP contribution in [-0.2, 0) is 16.6 Å². The van der Waals surface area contributed by atoms with Gasteiger partial charge in [0, 0.05) is 6.54 Å². The minimum atomic E-state index is -3.73. The van der Waals surface area contributed by atoms with Gasteiger partial charge in [0.25, 0.3) is 5.91 Å². The molecule has 0 bridgehead atoms. The zero-order valence-corrected chi connectivity index (χ0v) is 12.7. The third-order valence-electron chi connectivity index (χ3n) is 3.06. The molecule has 0 aliphatic carbocycles. The van der Waals surface area contributed by atoms with Gasteiger partial charge in [-0.1, -0.05) is 30.3 Å². The van der Waals surface area contributed by atoms with Crippen molar-refractivity contribution in [3.05, 3.63) is 65.5 Å². The van der Waals surface area contributed by atoms with Crippen molar-refractivity contribution in [1.82, 2.24) is 10.0 Å². The van der Waals surface area contributed by atoms with E-state index in [0.29, 0.717) is 0 Å². The number of nitrogens with one attached hydrogen (secondary N) is 2. The van der Waals surface area contributed by atoms with E-state index in [1.54, 1.807) is 0 Å². The highest BCUT2D eigenvalue weighted by atomic mass is 32.2. The van der Waals surface area contributed by atoms with Gasteiger partial charge in [-0.2, -0.15) is 0 Å². The Labute approximate surface area is 128 Å². The maximum atomic E-state index is 13.8. The van der Waals surface area contributed by atoms with Crippen LogP contribution in [0.15, 0.2) is 53.4 Å². The Morgan fingerprint density at radius 3 is 2.45 bits per heavy atom. The molecule has 0 unspecified atom stereocenters. The summed E-state index contributed by atoms with van der Waals surface area (Å²) in [6.45, 7) is 0.224. The Bertz CT molecular complexity index is 777. The number of benzene rings is 2. The minimum Gasteiger partial charge on any atom is -0.348 e. The van der Waals surface area contributed by atoms with Crippen LogP contribution in [0.4, 0.5) is 4.39 Å². The lowest BCUT2D eigenvalue weighted by molar-refractivity contribution is 0.0946. The number of amides is 1. The van der Waals surface area contributed by atoms with E-state index in [9.17, 15) is 17.6 Å². The monoisotopic (exact) mass is 322 g/mol. The van der Waals surface area contributed by atoms with Crippen molar-refractivity contribution in [2.24, 2.45) is 0 Å². The van der Waals surface area contributed by atoms with Crippen molar-refractivity contribution in [3.8, 4) is 0 Å².